The molecule has 0 rings (SSSR count). The van der Waals surface area contributed by atoms with Crippen LogP contribution in [0.25, 0.3) is 0 Å². The minimum absolute atomic E-state index is 0.750. The molecular formula is C2H4Cl2OZn. The number of halogens is 2. The quantitative estimate of drug-likeness (QED) is 0.409. The van der Waals surface area contributed by atoms with E-state index in [9.17, 15) is 0 Å². The minimum atomic E-state index is -0.931. The number of carbonyl (C=O) groups excluding carboxylic acids is 1. The average molecular weight is 180 g/mol. The van der Waals surface area contributed by atoms with Gasteiger partial charge in [-0.05, 0) is 6.92 Å². The van der Waals surface area contributed by atoms with E-state index in [2.05, 4.69) is 0 Å². The van der Waals surface area contributed by atoms with Gasteiger partial charge in [0.2, 0.25) is 0 Å². The van der Waals surface area contributed by atoms with Crippen molar-refractivity contribution in [2.24, 2.45) is 0 Å². The predicted molar refractivity (Wildman–Crippen MR) is 23.4 cm³/mol. The SMILES string of the molecule is CC=O.[Cl][Zn][Cl]. The van der Waals surface area contributed by atoms with Crippen molar-refractivity contribution < 1.29 is 19.9 Å². The molecular weight excluding hydrogens is 176 g/mol. The topological polar surface area (TPSA) is 17.1 Å². The van der Waals surface area contributed by atoms with Crippen LogP contribution in [0.3, 0.4) is 0 Å². The Labute approximate surface area is 52.7 Å². The molecule has 0 saturated carbocycles. The maximum absolute atomic E-state index is 8.81. The van der Waals surface area contributed by atoms with Crippen LogP contribution in [0.2, 0.25) is 0 Å². The predicted octanol–water partition coefficient (Wildman–Crippen LogP) is 1.58. The first-order valence-corrected chi connectivity index (χ1v) is 9.15. The molecule has 0 fully saturated rings. The monoisotopic (exact) mass is 178 g/mol. The van der Waals surface area contributed by atoms with Crippen LogP contribution in [0.1, 0.15) is 6.92 Å². The van der Waals surface area contributed by atoms with E-state index in [0.29, 0.717) is 0 Å². The van der Waals surface area contributed by atoms with Crippen molar-refractivity contribution in [2.45, 2.75) is 6.92 Å². The van der Waals surface area contributed by atoms with Crippen molar-refractivity contribution >= 4 is 25.7 Å². The fourth-order valence-electron chi connectivity index (χ4n) is 0. The first kappa shape index (κ1) is 9.98. The summed E-state index contributed by atoms with van der Waals surface area (Å²) in [7, 11) is 9.90. The van der Waals surface area contributed by atoms with E-state index in [1.165, 1.54) is 6.92 Å². The Morgan fingerprint density at radius 3 is 1.67 bits per heavy atom. The fraction of sp³-hybridized carbons (Fsp3) is 0.500. The van der Waals surface area contributed by atoms with Crippen molar-refractivity contribution in [1.82, 2.24) is 0 Å². The Kier molecular flexibility index (Phi) is 28.1. The molecule has 6 heavy (non-hydrogen) atoms. The molecule has 0 aliphatic heterocycles. The second kappa shape index (κ2) is 16.9. The first-order valence-electron chi connectivity index (χ1n) is 1.35. The van der Waals surface area contributed by atoms with Gasteiger partial charge in [-0.2, -0.15) is 0 Å². The van der Waals surface area contributed by atoms with Gasteiger partial charge in [-0.1, -0.05) is 0 Å². The summed E-state index contributed by atoms with van der Waals surface area (Å²) >= 11 is -0.931. The molecule has 0 amide bonds. The zero-order valence-electron chi connectivity index (χ0n) is 3.45. The standard InChI is InChI=1S/C2H4O.2ClH.Zn/c1-2-3;;;/h2H,1H3;2*1H;/q;;;+2/p-2. The van der Waals surface area contributed by atoms with Gasteiger partial charge in [0.1, 0.15) is 6.29 Å². The van der Waals surface area contributed by atoms with Crippen molar-refractivity contribution in [2.75, 3.05) is 0 Å². The van der Waals surface area contributed by atoms with Crippen LogP contribution in [0.4, 0.5) is 0 Å². The van der Waals surface area contributed by atoms with E-state index < -0.39 is 15.1 Å². The van der Waals surface area contributed by atoms with Gasteiger partial charge in [-0.3, -0.25) is 0 Å². The van der Waals surface area contributed by atoms with Gasteiger partial charge in [0.05, 0.1) is 0 Å². The van der Waals surface area contributed by atoms with Crippen molar-refractivity contribution in [3.8, 4) is 0 Å². The summed E-state index contributed by atoms with van der Waals surface area (Å²) < 4.78 is 0. The van der Waals surface area contributed by atoms with Crippen LogP contribution in [0, 0.1) is 0 Å². The molecule has 0 aromatic rings. The van der Waals surface area contributed by atoms with Gasteiger partial charge in [0.25, 0.3) is 0 Å². The molecule has 0 aromatic heterocycles. The molecule has 0 atom stereocenters. The summed E-state index contributed by atoms with van der Waals surface area (Å²) in [6.07, 6.45) is 0.750. The van der Waals surface area contributed by atoms with Crippen molar-refractivity contribution in [3.63, 3.8) is 0 Å². The summed E-state index contributed by atoms with van der Waals surface area (Å²) in [4.78, 5) is 8.81. The molecule has 0 aliphatic rings. The fourth-order valence-corrected chi connectivity index (χ4v) is 0. The van der Waals surface area contributed by atoms with Crippen molar-refractivity contribution in [1.29, 1.82) is 0 Å². The molecule has 0 aromatic carbocycles. The van der Waals surface area contributed by atoms with Gasteiger partial charge in [0.15, 0.2) is 0 Å². The molecule has 0 N–H and O–H groups in total. The van der Waals surface area contributed by atoms with Crippen LogP contribution >= 0.6 is 19.4 Å². The summed E-state index contributed by atoms with van der Waals surface area (Å²) in [6.45, 7) is 1.44. The number of rotatable bonds is 0. The third-order valence-corrected chi connectivity index (χ3v) is 0. The van der Waals surface area contributed by atoms with Crippen LogP contribution in [0.15, 0.2) is 0 Å². The molecule has 0 radical (unpaired) electrons. The molecule has 0 bridgehead atoms. The molecule has 34 valence electrons. The van der Waals surface area contributed by atoms with Crippen LogP contribution in [-0.4, -0.2) is 6.29 Å². The van der Waals surface area contributed by atoms with E-state index in [1.54, 1.807) is 0 Å². The summed E-state index contributed by atoms with van der Waals surface area (Å²) in [5.41, 5.74) is 0. The average Bonchev–Trinajstić information content (AvgIpc) is 1.39. The van der Waals surface area contributed by atoms with Crippen LogP contribution in [-0.2, 0) is 19.9 Å². The Balaban J connectivity index is 0. The first-order chi connectivity index (χ1) is 2.83. The van der Waals surface area contributed by atoms with E-state index in [0.717, 1.165) is 6.29 Å². The van der Waals surface area contributed by atoms with E-state index in [1.807, 2.05) is 0 Å². The Bertz CT molecular complexity index is 25.5. The van der Waals surface area contributed by atoms with Gasteiger partial charge >= 0.3 is 34.5 Å². The molecule has 0 spiro atoms. The van der Waals surface area contributed by atoms with E-state index in [4.69, 9.17) is 24.2 Å². The molecule has 0 aliphatic carbocycles. The third-order valence-electron chi connectivity index (χ3n) is 0. The van der Waals surface area contributed by atoms with Crippen molar-refractivity contribution in [3.05, 3.63) is 0 Å². The summed E-state index contributed by atoms with van der Waals surface area (Å²) in [5, 5.41) is 0. The Morgan fingerprint density at radius 2 is 1.67 bits per heavy atom. The number of hydrogen-bond donors (Lipinski definition) is 0. The van der Waals surface area contributed by atoms with E-state index in [-0.39, 0.29) is 0 Å². The normalized spacial score (nSPS) is 3.83. The van der Waals surface area contributed by atoms with E-state index >= 15 is 0 Å². The van der Waals surface area contributed by atoms with Gasteiger partial charge < -0.3 is 4.79 Å². The zero-order chi connectivity index (χ0) is 5.41. The van der Waals surface area contributed by atoms with Crippen LogP contribution < -0.4 is 0 Å². The Morgan fingerprint density at radius 1 is 1.67 bits per heavy atom. The zero-order valence-corrected chi connectivity index (χ0v) is 7.93. The summed E-state index contributed by atoms with van der Waals surface area (Å²) in [6, 6.07) is 0. The number of carbonyl (C=O) groups is 1. The molecule has 0 saturated heterocycles. The maximum atomic E-state index is 8.81. The third kappa shape index (κ3) is 95.9. The number of aldehydes is 1. The van der Waals surface area contributed by atoms with Crippen LogP contribution in [0.5, 0.6) is 0 Å². The molecule has 0 unspecified atom stereocenters. The second-order valence-corrected chi connectivity index (χ2v) is 4.96. The Hall–Kier alpha value is 0.873. The van der Waals surface area contributed by atoms with Gasteiger partial charge in [-0.15, -0.1) is 0 Å². The second-order valence-electron chi connectivity index (χ2n) is 0.337. The van der Waals surface area contributed by atoms with Gasteiger partial charge in [-0.25, -0.2) is 0 Å². The molecule has 1 nitrogen and oxygen atoms in total. The molecule has 4 heteroatoms. The molecule has 0 heterocycles. The summed E-state index contributed by atoms with van der Waals surface area (Å²) in [5.74, 6) is 0. The van der Waals surface area contributed by atoms with Gasteiger partial charge in [0, 0.05) is 0 Å². The number of hydrogen-bond acceptors (Lipinski definition) is 1.